The molecule has 6 heteroatoms. The molecule has 0 bridgehead atoms. The van der Waals surface area contributed by atoms with Crippen molar-refractivity contribution >= 4 is 29.3 Å². The van der Waals surface area contributed by atoms with Gasteiger partial charge >= 0.3 is 0 Å². The summed E-state index contributed by atoms with van der Waals surface area (Å²) >= 11 is 0. The number of carbonyl (C=O) groups excluding carboxylic acids is 4. The SMILES string of the molecule is Cc1ccc(-c2ccc(N3C(=O)C4CC(C5CC(=O)N(C)C5=O)C5CCCCC5C4C3=O)cc2C)c(C)c1. The number of carbonyl (C=O) groups is 4. The Morgan fingerprint density at radius 2 is 1.37 bits per heavy atom. The second-order valence-electron chi connectivity index (χ2n) is 12.1. The van der Waals surface area contributed by atoms with Gasteiger partial charge < -0.3 is 0 Å². The normalized spacial score (nSPS) is 31.2. The van der Waals surface area contributed by atoms with E-state index in [0.29, 0.717) is 12.1 Å². The Hall–Kier alpha value is -3.28. The minimum absolute atomic E-state index is 0.0201. The first-order chi connectivity index (χ1) is 18.2. The summed E-state index contributed by atoms with van der Waals surface area (Å²) in [6, 6.07) is 12.3. The van der Waals surface area contributed by atoms with Gasteiger partial charge in [0.05, 0.1) is 23.4 Å². The Morgan fingerprint density at radius 1 is 0.711 bits per heavy atom. The molecule has 2 aromatic rings. The van der Waals surface area contributed by atoms with Crippen molar-refractivity contribution in [3.05, 3.63) is 53.1 Å². The molecule has 2 aromatic carbocycles. The van der Waals surface area contributed by atoms with E-state index < -0.39 is 5.92 Å². The summed E-state index contributed by atoms with van der Waals surface area (Å²) in [5, 5.41) is 0. The average Bonchev–Trinajstić information content (AvgIpc) is 3.30. The molecule has 6 unspecified atom stereocenters. The molecule has 0 spiro atoms. The molecule has 2 saturated heterocycles. The molecule has 0 radical (unpaired) electrons. The van der Waals surface area contributed by atoms with Crippen molar-refractivity contribution < 1.29 is 19.2 Å². The first kappa shape index (κ1) is 25.0. The largest absolute Gasteiger partial charge is 0.285 e. The van der Waals surface area contributed by atoms with Crippen LogP contribution in [0, 0.1) is 56.3 Å². The molecule has 0 N–H and O–H groups in total. The fraction of sp³-hybridized carbons (Fsp3) is 0.500. The Kier molecular flexibility index (Phi) is 6.04. The Labute approximate surface area is 224 Å². The van der Waals surface area contributed by atoms with Crippen LogP contribution in [0.2, 0.25) is 0 Å². The Balaban J connectivity index is 1.33. The lowest BCUT2D eigenvalue weighted by Crippen LogP contribution is -2.46. The van der Waals surface area contributed by atoms with Gasteiger partial charge in [0, 0.05) is 13.5 Å². The predicted molar refractivity (Wildman–Crippen MR) is 145 cm³/mol. The van der Waals surface area contributed by atoms with Crippen LogP contribution in [0.5, 0.6) is 0 Å². The zero-order valence-electron chi connectivity index (χ0n) is 22.7. The van der Waals surface area contributed by atoms with Gasteiger partial charge in [-0.1, -0.05) is 42.7 Å². The van der Waals surface area contributed by atoms with Gasteiger partial charge in [-0.3, -0.25) is 29.0 Å². The lowest BCUT2D eigenvalue weighted by molar-refractivity contribution is -0.140. The monoisotopic (exact) mass is 512 g/mol. The van der Waals surface area contributed by atoms with Crippen LogP contribution < -0.4 is 4.90 Å². The zero-order chi connectivity index (χ0) is 26.9. The van der Waals surface area contributed by atoms with E-state index in [1.807, 2.05) is 25.1 Å². The van der Waals surface area contributed by atoms with E-state index in [0.717, 1.165) is 42.4 Å². The predicted octanol–water partition coefficient (Wildman–Crippen LogP) is 5.22. The first-order valence-corrected chi connectivity index (χ1v) is 14.0. The van der Waals surface area contributed by atoms with Crippen molar-refractivity contribution in [3.63, 3.8) is 0 Å². The summed E-state index contributed by atoms with van der Waals surface area (Å²) < 4.78 is 0. The highest BCUT2D eigenvalue weighted by Gasteiger charge is 2.60. The lowest BCUT2D eigenvalue weighted by Gasteiger charge is -2.47. The van der Waals surface area contributed by atoms with Crippen LogP contribution >= 0.6 is 0 Å². The van der Waals surface area contributed by atoms with E-state index >= 15 is 0 Å². The number of aryl methyl sites for hydroxylation is 3. The second kappa shape index (κ2) is 9.18. The van der Waals surface area contributed by atoms with Crippen LogP contribution in [0.25, 0.3) is 11.1 Å². The van der Waals surface area contributed by atoms with Crippen LogP contribution in [0.4, 0.5) is 5.69 Å². The van der Waals surface area contributed by atoms with Crippen molar-refractivity contribution in [2.45, 2.75) is 59.3 Å². The van der Waals surface area contributed by atoms with Crippen molar-refractivity contribution in [2.24, 2.45) is 35.5 Å². The second-order valence-corrected chi connectivity index (χ2v) is 12.1. The van der Waals surface area contributed by atoms with Crippen LogP contribution in [0.15, 0.2) is 36.4 Å². The maximum atomic E-state index is 13.9. The van der Waals surface area contributed by atoms with E-state index in [1.165, 1.54) is 20.9 Å². The van der Waals surface area contributed by atoms with Crippen LogP contribution in [0.3, 0.4) is 0 Å². The smallest absolute Gasteiger partial charge is 0.237 e. The van der Waals surface area contributed by atoms with Gasteiger partial charge in [0.25, 0.3) is 0 Å². The Bertz CT molecular complexity index is 1360. The molecule has 6 rings (SSSR count). The number of hydrogen-bond acceptors (Lipinski definition) is 4. The maximum Gasteiger partial charge on any atom is 0.237 e. The number of rotatable bonds is 3. The minimum atomic E-state index is -0.417. The molecular weight excluding hydrogens is 476 g/mol. The molecule has 4 fully saturated rings. The Morgan fingerprint density at radius 3 is 2.00 bits per heavy atom. The number of fused-ring (bicyclic) bond motifs is 3. The number of amides is 4. The first-order valence-electron chi connectivity index (χ1n) is 14.0. The maximum absolute atomic E-state index is 13.9. The highest BCUT2D eigenvalue weighted by Crippen LogP contribution is 2.56. The van der Waals surface area contributed by atoms with Gasteiger partial charge in [0.2, 0.25) is 23.6 Å². The average molecular weight is 513 g/mol. The number of likely N-dealkylation sites (tertiary alicyclic amines) is 1. The topological polar surface area (TPSA) is 74.8 Å². The summed E-state index contributed by atoms with van der Waals surface area (Å²) in [6.45, 7) is 6.21. The van der Waals surface area contributed by atoms with Gasteiger partial charge in [-0.25, -0.2) is 0 Å². The van der Waals surface area contributed by atoms with Crippen LogP contribution in [-0.4, -0.2) is 35.6 Å². The van der Waals surface area contributed by atoms with E-state index in [-0.39, 0.29) is 59.6 Å². The van der Waals surface area contributed by atoms with E-state index in [2.05, 4.69) is 32.0 Å². The number of nitrogens with zero attached hydrogens (tertiary/aromatic N) is 2. The molecule has 4 amide bonds. The standard InChI is InChI=1S/C32H36N2O4/c1-17-9-11-21(18(2)13-17)22-12-10-20(14-19(22)3)34-31(37)27-15-25(26-16-28(35)33(4)30(26)36)23-7-5-6-8-24(23)29(27)32(34)38/h9-14,23-27,29H,5-8,15-16H2,1-4H3. The van der Waals surface area contributed by atoms with E-state index in [9.17, 15) is 19.2 Å². The van der Waals surface area contributed by atoms with Crippen molar-refractivity contribution in [1.29, 1.82) is 0 Å². The summed E-state index contributed by atoms with van der Waals surface area (Å²) in [5.74, 6) is -1.30. The highest BCUT2D eigenvalue weighted by molar-refractivity contribution is 6.22. The summed E-state index contributed by atoms with van der Waals surface area (Å²) in [5.41, 5.74) is 6.32. The summed E-state index contributed by atoms with van der Waals surface area (Å²) in [7, 11) is 1.56. The molecule has 2 aliphatic carbocycles. The molecule has 38 heavy (non-hydrogen) atoms. The molecule has 198 valence electrons. The third-order valence-corrected chi connectivity index (χ3v) is 9.96. The zero-order valence-corrected chi connectivity index (χ0v) is 22.7. The van der Waals surface area contributed by atoms with Crippen molar-refractivity contribution in [2.75, 3.05) is 11.9 Å². The summed E-state index contributed by atoms with van der Waals surface area (Å²) in [4.78, 5) is 55.9. The number of imide groups is 2. The molecule has 6 atom stereocenters. The van der Waals surface area contributed by atoms with Crippen molar-refractivity contribution in [1.82, 2.24) is 4.90 Å². The third-order valence-electron chi connectivity index (χ3n) is 9.96. The molecular formula is C32H36N2O4. The third kappa shape index (κ3) is 3.75. The molecule has 0 aromatic heterocycles. The van der Waals surface area contributed by atoms with Gasteiger partial charge in [-0.05, 0) is 92.2 Å². The molecule has 6 nitrogen and oxygen atoms in total. The van der Waals surface area contributed by atoms with Gasteiger partial charge in [0.15, 0.2) is 0 Å². The van der Waals surface area contributed by atoms with E-state index in [4.69, 9.17) is 0 Å². The van der Waals surface area contributed by atoms with Crippen LogP contribution in [0.1, 0.15) is 55.2 Å². The molecule has 2 heterocycles. The fourth-order valence-corrected chi connectivity index (χ4v) is 8.15. The van der Waals surface area contributed by atoms with Gasteiger partial charge in [-0.15, -0.1) is 0 Å². The minimum Gasteiger partial charge on any atom is -0.285 e. The van der Waals surface area contributed by atoms with Crippen molar-refractivity contribution in [3.8, 4) is 11.1 Å². The fourth-order valence-electron chi connectivity index (χ4n) is 8.15. The molecule has 4 aliphatic rings. The van der Waals surface area contributed by atoms with E-state index in [1.54, 1.807) is 7.05 Å². The summed E-state index contributed by atoms with van der Waals surface area (Å²) in [6.07, 6.45) is 4.73. The lowest BCUT2D eigenvalue weighted by atomic mass is 9.55. The number of anilines is 1. The molecule has 2 saturated carbocycles. The number of hydrogen-bond donors (Lipinski definition) is 0. The van der Waals surface area contributed by atoms with Gasteiger partial charge in [-0.2, -0.15) is 0 Å². The number of benzene rings is 2. The van der Waals surface area contributed by atoms with Gasteiger partial charge in [0.1, 0.15) is 0 Å². The van der Waals surface area contributed by atoms with Crippen LogP contribution in [-0.2, 0) is 19.2 Å². The highest BCUT2D eigenvalue weighted by atomic mass is 16.2. The quantitative estimate of drug-likeness (QED) is 0.529. The molecule has 2 aliphatic heterocycles.